The lowest BCUT2D eigenvalue weighted by atomic mass is 10.1. The summed E-state index contributed by atoms with van der Waals surface area (Å²) < 4.78 is 17.1. The van der Waals surface area contributed by atoms with Crippen LogP contribution < -0.4 is 20.1 Å². The van der Waals surface area contributed by atoms with Gasteiger partial charge in [-0.1, -0.05) is 13.8 Å². The third-order valence-corrected chi connectivity index (χ3v) is 5.10. The number of methoxy groups -OCH3 is 1. The second-order valence-corrected chi connectivity index (χ2v) is 7.76. The van der Waals surface area contributed by atoms with E-state index in [1.54, 1.807) is 19.4 Å². The molecule has 2 N–H and O–H groups in total. The summed E-state index contributed by atoms with van der Waals surface area (Å²) >= 11 is 0. The largest absolute Gasteiger partial charge is 0.494 e. The minimum absolute atomic E-state index is 0. The van der Waals surface area contributed by atoms with Crippen molar-refractivity contribution in [1.29, 1.82) is 0 Å². The van der Waals surface area contributed by atoms with Gasteiger partial charge in [0.05, 0.1) is 26.5 Å². The van der Waals surface area contributed by atoms with Gasteiger partial charge >= 0.3 is 0 Å². The van der Waals surface area contributed by atoms with Crippen LogP contribution in [-0.4, -0.2) is 50.4 Å². The summed E-state index contributed by atoms with van der Waals surface area (Å²) in [4.78, 5) is 14.7. The van der Waals surface area contributed by atoms with Crippen LogP contribution >= 0.6 is 12.4 Å². The van der Waals surface area contributed by atoms with Crippen molar-refractivity contribution in [1.82, 2.24) is 4.90 Å². The number of ether oxygens (including phenoxy) is 3. The molecule has 0 aliphatic rings. The quantitative estimate of drug-likeness (QED) is 0.158. The molecule has 34 heavy (non-hydrogen) atoms. The van der Waals surface area contributed by atoms with Crippen molar-refractivity contribution in [3.63, 3.8) is 0 Å². The number of hydrogen-bond donors (Lipinski definition) is 1. The summed E-state index contributed by atoms with van der Waals surface area (Å²) in [5.41, 5.74) is 1.57. The molecule has 0 aromatic heterocycles. The molecule has 0 heterocycles. The van der Waals surface area contributed by atoms with E-state index in [2.05, 4.69) is 18.9 Å². The molecular weight excluding hydrogens is 454 g/mol. The van der Waals surface area contributed by atoms with Crippen LogP contribution in [0.3, 0.4) is 0 Å². The third-order valence-electron chi connectivity index (χ3n) is 5.10. The molecule has 2 rings (SSSR count). The fourth-order valence-electron chi connectivity index (χ4n) is 3.45. The van der Waals surface area contributed by atoms with Crippen molar-refractivity contribution < 1.29 is 19.0 Å². The zero-order valence-corrected chi connectivity index (χ0v) is 21.3. The van der Waals surface area contributed by atoms with Crippen molar-refractivity contribution in [2.75, 3.05) is 33.4 Å². The summed E-state index contributed by atoms with van der Waals surface area (Å²) in [6.07, 6.45) is 6.29. The fraction of sp³-hybridized carbons (Fsp3) is 0.462. The molecule has 0 fully saturated rings. The molecule has 0 unspecified atom stereocenters. The van der Waals surface area contributed by atoms with Gasteiger partial charge in [0.1, 0.15) is 5.75 Å². The van der Waals surface area contributed by atoms with Crippen molar-refractivity contribution in [2.24, 2.45) is 10.9 Å². The maximum absolute atomic E-state index is 12.8. The number of hydrazone groups is 1. The van der Waals surface area contributed by atoms with Crippen molar-refractivity contribution in [2.45, 2.75) is 46.0 Å². The van der Waals surface area contributed by atoms with E-state index in [4.69, 9.17) is 20.1 Å². The second kappa shape index (κ2) is 16.6. The van der Waals surface area contributed by atoms with Crippen LogP contribution in [-0.2, 0) is 0 Å². The first-order chi connectivity index (χ1) is 16.1. The van der Waals surface area contributed by atoms with E-state index in [1.807, 2.05) is 41.3 Å². The Hall–Kier alpha value is -2.93. The van der Waals surface area contributed by atoms with Crippen LogP contribution in [0.1, 0.15) is 61.9 Å². The molecule has 188 valence electrons. The van der Waals surface area contributed by atoms with Gasteiger partial charge in [0.2, 0.25) is 0 Å². The number of carbonyl (C=O) groups excluding carboxylic acids is 1. The summed E-state index contributed by atoms with van der Waals surface area (Å²) in [7, 11) is 1.60. The van der Waals surface area contributed by atoms with Crippen molar-refractivity contribution >= 4 is 24.5 Å². The zero-order valence-electron chi connectivity index (χ0n) is 20.5. The van der Waals surface area contributed by atoms with Crippen LogP contribution in [0.15, 0.2) is 47.6 Å². The predicted octanol–water partition coefficient (Wildman–Crippen LogP) is 5.30. The first-order valence-corrected chi connectivity index (χ1v) is 11.7. The molecule has 0 atom stereocenters. The Morgan fingerprint density at radius 3 is 2.18 bits per heavy atom. The van der Waals surface area contributed by atoms with Crippen molar-refractivity contribution in [3.8, 4) is 17.2 Å². The van der Waals surface area contributed by atoms with Gasteiger partial charge in [-0.2, -0.15) is 5.10 Å². The van der Waals surface area contributed by atoms with E-state index in [0.29, 0.717) is 30.3 Å². The molecule has 2 aromatic carbocycles. The Labute approximate surface area is 209 Å². The van der Waals surface area contributed by atoms with E-state index in [0.717, 1.165) is 56.5 Å². The first kappa shape index (κ1) is 29.1. The highest BCUT2D eigenvalue weighted by Gasteiger charge is 2.16. The van der Waals surface area contributed by atoms with Gasteiger partial charge in [0.25, 0.3) is 5.91 Å². The minimum Gasteiger partial charge on any atom is -0.494 e. The number of amides is 1. The van der Waals surface area contributed by atoms with Crippen molar-refractivity contribution in [3.05, 3.63) is 53.6 Å². The maximum Gasteiger partial charge on any atom is 0.253 e. The molecule has 0 bridgehead atoms. The Bertz CT molecular complexity index is 869. The molecular formula is C26H38ClN3O4. The fourth-order valence-corrected chi connectivity index (χ4v) is 3.45. The molecule has 2 aromatic rings. The van der Waals surface area contributed by atoms with Crippen LogP contribution in [0.5, 0.6) is 17.2 Å². The number of benzene rings is 2. The first-order valence-electron chi connectivity index (χ1n) is 11.7. The Morgan fingerprint density at radius 2 is 1.59 bits per heavy atom. The number of rotatable bonds is 15. The Balaban J connectivity index is 0.00000578. The number of carbonyl (C=O) groups is 1. The van der Waals surface area contributed by atoms with Gasteiger partial charge in [0, 0.05) is 18.7 Å². The van der Waals surface area contributed by atoms with Crippen LogP contribution in [0.25, 0.3) is 0 Å². The molecule has 0 saturated carbocycles. The molecule has 0 aliphatic carbocycles. The second-order valence-electron chi connectivity index (χ2n) is 7.76. The summed E-state index contributed by atoms with van der Waals surface area (Å²) in [5, 5.41) is 3.50. The highest BCUT2D eigenvalue weighted by atomic mass is 35.5. The number of nitrogens with zero attached hydrogens (tertiary/aromatic N) is 2. The van der Waals surface area contributed by atoms with Gasteiger partial charge in [-0.15, -0.1) is 12.4 Å². The molecule has 0 spiro atoms. The average Bonchev–Trinajstić information content (AvgIpc) is 2.84. The number of nitrogens with two attached hydrogens (primary N) is 1. The van der Waals surface area contributed by atoms with E-state index in [9.17, 15) is 4.79 Å². The molecule has 0 radical (unpaired) electrons. The minimum atomic E-state index is 0. The highest BCUT2D eigenvalue weighted by molar-refractivity contribution is 5.95. The Morgan fingerprint density at radius 1 is 0.941 bits per heavy atom. The lowest BCUT2D eigenvalue weighted by Gasteiger charge is -2.22. The van der Waals surface area contributed by atoms with Gasteiger partial charge in [-0.3, -0.25) is 4.79 Å². The number of unbranched alkanes of at least 4 members (excludes halogenated alkanes) is 2. The molecule has 8 heteroatoms. The SMILES string of the molecule is CCCN(CCC)C(=O)c1ccc(OCCCCCOc2ccc(C=NN)cc2)c(OC)c1.Cl. The van der Waals surface area contributed by atoms with Gasteiger partial charge in [-0.05, 0) is 80.1 Å². The van der Waals surface area contributed by atoms with E-state index in [-0.39, 0.29) is 18.3 Å². The van der Waals surface area contributed by atoms with Crippen LogP contribution in [0, 0.1) is 0 Å². The normalized spacial score (nSPS) is 10.6. The molecule has 0 aliphatic heterocycles. The monoisotopic (exact) mass is 491 g/mol. The van der Waals surface area contributed by atoms with E-state index < -0.39 is 0 Å². The van der Waals surface area contributed by atoms with Crippen LogP contribution in [0.4, 0.5) is 0 Å². The number of hydrogen-bond acceptors (Lipinski definition) is 6. The highest BCUT2D eigenvalue weighted by Crippen LogP contribution is 2.29. The van der Waals surface area contributed by atoms with Gasteiger partial charge in [0.15, 0.2) is 11.5 Å². The maximum atomic E-state index is 12.8. The molecule has 1 amide bonds. The topological polar surface area (TPSA) is 86.4 Å². The predicted molar refractivity (Wildman–Crippen MR) is 140 cm³/mol. The van der Waals surface area contributed by atoms with E-state index >= 15 is 0 Å². The molecule has 0 saturated heterocycles. The average molecular weight is 492 g/mol. The molecule has 7 nitrogen and oxygen atoms in total. The smallest absolute Gasteiger partial charge is 0.253 e. The number of halogens is 1. The third kappa shape index (κ3) is 9.51. The summed E-state index contributed by atoms with van der Waals surface area (Å²) in [6, 6.07) is 13.1. The summed E-state index contributed by atoms with van der Waals surface area (Å²) in [6.45, 7) is 6.90. The van der Waals surface area contributed by atoms with Gasteiger partial charge < -0.3 is 25.0 Å². The summed E-state index contributed by atoms with van der Waals surface area (Å²) in [5.74, 6) is 7.25. The van der Waals surface area contributed by atoms with E-state index in [1.165, 1.54) is 0 Å². The standard InChI is InChI=1S/C26H37N3O4.ClH/c1-4-15-29(16-5-2)26(30)22-11-14-24(25(19-22)31-3)33-18-8-6-7-17-32-23-12-9-21(10-13-23)20-28-27;/h9-14,19-20H,4-8,15-18,27H2,1-3H3;1H. The lowest BCUT2D eigenvalue weighted by molar-refractivity contribution is 0.0755. The van der Waals surface area contributed by atoms with Crippen LogP contribution in [0.2, 0.25) is 0 Å². The Kier molecular flexibility index (Phi) is 14.2. The zero-order chi connectivity index (χ0) is 23.9. The lowest BCUT2D eigenvalue weighted by Crippen LogP contribution is -2.32. The van der Waals surface area contributed by atoms with Gasteiger partial charge in [-0.25, -0.2) is 0 Å².